The highest BCUT2D eigenvalue weighted by Crippen LogP contribution is 2.15. The third-order valence-corrected chi connectivity index (χ3v) is 3.01. The van der Waals surface area contributed by atoms with Gasteiger partial charge in [-0.2, -0.15) is 0 Å². The number of aromatic nitrogens is 1. The van der Waals surface area contributed by atoms with Crippen LogP contribution in [0.1, 0.15) is 35.6 Å². The fourth-order valence-electron chi connectivity index (χ4n) is 1.54. The van der Waals surface area contributed by atoms with Gasteiger partial charge in [-0.15, -0.1) is 0 Å². The van der Waals surface area contributed by atoms with Crippen molar-refractivity contribution in [2.24, 2.45) is 7.05 Å². The van der Waals surface area contributed by atoms with Crippen molar-refractivity contribution >= 4 is 5.97 Å². The number of hydrogen-bond acceptors (Lipinski definition) is 3. The first-order chi connectivity index (χ1) is 7.78. The van der Waals surface area contributed by atoms with Crippen LogP contribution in [0.4, 0.5) is 0 Å². The summed E-state index contributed by atoms with van der Waals surface area (Å²) in [6.45, 7) is 6.12. The first-order valence-corrected chi connectivity index (χ1v) is 5.53. The number of carboxylic acids is 1. The van der Waals surface area contributed by atoms with Gasteiger partial charge in [0.1, 0.15) is 0 Å². The summed E-state index contributed by atoms with van der Waals surface area (Å²) in [7, 11) is 1.84. The third kappa shape index (κ3) is 3.08. The van der Waals surface area contributed by atoms with Gasteiger partial charge in [-0.3, -0.25) is 0 Å². The van der Waals surface area contributed by atoms with Crippen LogP contribution in [-0.2, 0) is 13.6 Å². The molecule has 5 nitrogen and oxygen atoms in total. The zero-order valence-electron chi connectivity index (χ0n) is 10.7. The van der Waals surface area contributed by atoms with Crippen LogP contribution in [0.2, 0.25) is 0 Å². The molecule has 3 N–H and O–H groups in total. The SMILES string of the molecule is Cc1c(C(=O)O)cc(CNC(C)(C)CO)n1C. The van der Waals surface area contributed by atoms with Crippen LogP contribution in [0.25, 0.3) is 0 Å². The summed E-state index contributed by atoms with van der Waals surface area (Å²) in [4.78, 5) is 11.0. The van der Waals surface area contributed by atoms with Crippen LogP contribution in [0.3, 0.4) is 0 Å². The summed E-state index contributed by atoms with van der Waals surface area (Å²) in [5, 5.41) is 21.3. The lowest BCUT2D eigenvalue weighted by atomic mass is 10.1. The maximum atomic E-state index is 11.0. The number of hydrogen-bond donors (Lipinski definition) is 3. The minimum atomic E-state index is -0.911. The maximum absolute atomic E-state index is 11.0. The van der Waals surface area contributed by atoms with Crippen molar-refractivity contribution in [2.45, 2.75) is 32.9 Å². The highest BCUT2D eigenvalue weighted by molar-refractivity contribution is 5.89. The third-order valence-electron chi connectivity index (χ3n) is 3.01. The summed E-state index contributed by atoms with van der Waals surface area (Å²) in [5.74, 6) is -0.911. The Hall–Kier alpha value is -1.33. The number of rotatable bonds is 5. The van der Waals surface area contributed by atoms with Crippen molar-refractivity contribution in [3.63, 3.8) is 0 Å². The van der Waals surface area contributed by atoms with Crippen LogP contribution in [0.5, 0.6) is 0 Å². The topological polar surface area (TPSA) is 74.5 Å². The smallest absolute Gasteiger partial charge is 0.337 e. The van der Waals surface area contributed by atoms with Gasteiger partial charge in [0.2, 0.25) is 0 Å². The van der Waals surface area contributed by atoms with E-state index in [1.807, 2.05) is 25.5 Å². The van der Waals surface area contributed by atoms with E-state index < -0.39 is 5.97 Å². The van der Waals surface area contributed by atoms with Gasteiger partial charge in [0.15, 0.2) is 0 Å². The van der Waals surface area contributed by atoms with Crippen molar-refractivity contribution in [2.75, 3.05) is 6.61 Å². The second kappa shape index (κ2) is 4.89. The zero-order chi connectivity index (χ0) is 13.2. The average molecular weight is 240 g/mol. The van der Waals surface area contributed by atoms with Crippen LogP contribution in [0.15, 0.2) is 6.07 Å². The fourth-order valence-corrected chi connectivity index (χ4v) is 1.54. The van der Waals surface area contributed by atoms with Crippen molar-refractivity contribution in [3.05, 3.63) is 23.0 Å². The molecule has 0 unspecified atom stereocenters. The summed E-state index contributed by atoms with van der Waals surface area (Å²) >= 11 is 0. The van der Waals surface area contributed by atoms with E-state index in [0.717, 1.165) is 11.4 Å². The molecule has 0 saturated heterocycles. The van der Waals surface area contributed by atoms with Gasteiger partial charge in [0, 0.05) is 30.5 Å². The second-order valence-electron chi connectivity index (χ2n) is 4.89. The van der Waals surface area contributed by atoms with Crippen molar-refractivity contribution in [3.8, 4) is 0 Å². The number of carbonyl (C=O) groups is 1. The van der Waals surface area contributed by atoms with E-state index in [1.165, 1.54) is 0 Å². The molecule has 0 amide bonds. The number of aliphatic hydroxyl groups is 1. The van der Waals surface area contributed by atoms with Gasteiger partial charge in [-0.1, -0.05) is 0 Å². The van der Waals surface area contributed by atoms with E-state index in [1.54, 1.807) is 13.0 Å². The molecule has 0 atom stereocenters. The van der Waals surface area contributed by atoms with E-state index in [-0.39, 0.29) is 12.1 Å². The van der Waals surface area contributed by atoms with E-state index in [9.17, 15) is 4.79 Å². The van der Waals surface area contributed by atoms with Gasteiger partial charge in [-0.25, -0.2) is 4.79 Å². The molecule has 0 radical (unpaired) electrons. The van der Waals surface area contributed by atoms with Gasteiger partial charge in [-0.05, 0) is 26.8 Å². The average Bonchev–Trinajstić information content (AvgIpc) is 2.54. The normalized spacial score (nSPS) is 11.8. The number of nitrogens with zero attached hydrogens (tertiary/aromatic N) is 1. The molecular formula is C12H20N2O3. The lowest BCUT2D eigenvalue weighted by Gasteiger charge is -2.23. The Morgan fingerprint density at radius 1 is 1.53 bits per heavy atom. The fraction of sp³-hybridized carbons (Fsp3) is 0.583. The Morgan fingerprint density at radius 2 is 2.12 bits per heavy atom. The predicted octanol–water partition coefficient (Wildman–Crippen LogP) is 0.892. The van der Waals surface area contributed by atoms with Crippen molar-refractivity contribution < 1.29 is 15.0 Å². The molecule has 0 aromatic carbocycles. The van der Waals surface area contributed by atoms with E-state index >= 15 is 0 Å². The number of aromatic carboxylic acids is 1. The predicted molar refractivity (Wildman–Crippen MR) is 65.1 cm³/mol. The summed E-state index contributed by atoms with van der Waals surface area (Å²) in [5.41, 5.74) is 1.57. The largest absolute Gasteiger partial charge is 0.478 e. The Morgan fingerprint density at radius 3 is 2.53 bits per heavy atom. The Labute approximate surface area is 101 Å². The molecule has 1 aromatic rings. The number of carboxylic acid groups (broad SMARTS) is 1. The van der Waals surface area contributed by atoms with E-state index in [4.69, 9.17) is 10.2 Å². The molecule has 1 heterocycles. The second-order valence-corrected chi connectivity index (χ2v) is 4.89. The molecule has 17 heavy (non-hydrogen) atoms. The summed E-state index contributed by atoms with van der Waals surface area (Å²) in [6.07, 6.45) is 0. The number of aliphatic hydroxyl groups excluding tert-OH is 1. The molecule has 0 bridgehead atoms. The molecule has 0 aliphatic rings. The highest BCUT2D eigenvalue weighted by atomic mass is 16.4. The molecule has 96 valence electrons. The highest BCUT2D eigenvalue weighted by Gasteiger charge is 2.18. The molecule has 0 aliphatic heterocycles. The van der Waals surface area contributed by atoms with Gasteiger partial charge >= 0.3 is 5.97 Å². The number of nitrogens with one attached hydrogen (secondary N) is 1. The standard InChI is InChI=1S/C12H20N2O3/c1-8-10(11(16)17)5-9(14(8)4)6-13-12(2,3)7-15/h5,13,15H,6-7H2,1-4H3,(H,16,17). The first-order valence-electron chi connectivity index (χ1n) is 5.53. The van der Waals surface area contributed by atoms with Crippen LogP contribution < -0.4 is 5.32 Å². The Bertz CT molecular complexity index is 422. The molecule has 1 aromatic heterocycles. The minimum absolute atomic E-state index is 0.0300. The maximum Gasteiger partial charge on any atom is 0.337 e. The van der Waals surface area contributed by atoms with Gasteiger partial charge in [0.25, 0.3) is 0 Å². The summed E-state index contributed by atoms with van der Waals surface area (Å²) < 4.78 is 1.85. The Kier molecular flexibility index (Phi) is 3.95. The monoisotopic (exact) mass is 240 g/mol. The molecule has 0 saturated carbocycles. The zero-order valence-corrected chi connectivity index (χ0v) is 10.7. The first kappa shape index (κ1) is 13.7. The molecular weight excluding hydrogens is 220 g/mol. The molecule has 5 heteroatoms. The molecule has 0 spiro atoms. The molecule has 0 fully saturated rings. The van der Waals surface area contributed by atoms with Crippen molar-refractivity contribution in [1.29, 1.82) is 0 Å². The lowest BCUT2D eigenvalue weighted by molar-refractivity contribution is 0.0696. The van der Waals surface area contributed by atoms with Crippen LogP contribution in [0, 0.1) is 6.92 Å². The van der Waals surface area contributed by atoms with Crippen molar-refractivity contribution in [1.82, 2.24) is 9.88 Å². The molecule has 0 aliphatic carbocycles. The Balaban J connectivity index is 2.86. The summed E-state index contributed by atoms with van der Waals surface area (Å²) in [6, 6.07) is 1.66. The quantitative estimate of drug-likeness (QED) is 0.714. The van der Waals surface area contributed by atoms with E-state index in [0.29, 0.717) is 12.1 Å². The van der Waals surface area contributed by atoms with Gasteiger partial charge in [0.05, 0.1) is 12.2 Å². The minimum Gasteiger partial charge on any atom is -0.478 e. The van der Waals surface area contributed by atoms with Crippen LogP contribution in [-0.4, -0.2) is 32.9 Å². The molecule has 1 rings (SSSR count). The van der Waals surface area contributed by atoms with Crippen LogP contribution >= 0.6 is 0 Å². The van der Waals surface area contributed by atoms with E-state index in [2.05, 4.69) is 5.32 Å². The van der Waals surface area contributed by atoms with Gasteiger partial charge < -0.3 is 20.1 Å². The lowest BCUT2D eigenvalue weighted by Crippen LogP contribution is -2.42.